The molecule has 2 heteroatoms. The Labute approximate surface area is 130 Å². The summed E-state index contributed by atoms with van der Waals surface area (Å²) in [5.41, 5.74) is 1.25. The van der Waals surface area contributed by atoms with Crippen LogP contribution in [0.4, 0.5) is 0 Å². The van der Waals surface area contributed by atoms with E-state index in [2.05, 4.69) is 63.3 Å². The van der Waals surface area contributed by atoms with Crippen LogP contribution in [0, 0.1) is 5.92 Å². The summed E-state index contributed by atoms with van der Waals surface area (Å²) in [4.78, 5) is 0. The molecule has 1 heterocycles. The predicted octanol–water partition coefficient (Wildman–Crippen LogP) is 5.06. The number of nitrogens with one attached hydrogen (secondary N) is 1. The third kappa shape index (κ3) is 3.49. The fourth-order valence-electron chi connectivity index (χ4n) is 3.77. The number of ether oxygens (including phenoxy) is 1. The molecule has 0 bridgehead atoms. The first-order valence-corrected chi connectivity index (χ1v) is 8.65. The van der Waals surface area contributed by atoms with Crippen LogP contribution in [0.2, 0.25) is 0 Å². The first-order chi connectivity index (χ1) is 10.2. The molecule has 3 atom stereocenters. The van der Waals surface area contributed by atoms with Gasteiger partial charge in [0.25, 0.3) is 0 Å². The lowest BCUT2D eigenvalue weighted by atomic mass is 9.79. The van der Waals surface area contributed by atoms with E-state index in [-0.39, 0.29) is 11.8 Å². The van der Waals surface area contributed by atoms with Gasteiger partial charge < -0.3 is 4.74 Å². The van der Waals surface area contributed by atoms with E-state index < -0.39 is 0 Å². The fraction of sp³-hybridized carbons (Fsp3) is 0.684. The second-order valence-corrected chi connectivity index (χ2v) is 6.50. The van der Waals surface area contributed by atoms with Crippen molar-refractivity contribution in [1.82, 2.24) is 5.32 Å². The second kappa shape index (κ2) is 7.42. The maximum atomic E-state index is 6.64. The van der Waals surface area contributed by atoms with Gasteiger partial charge in [0.1, 0.15) is 6.23 Å². The van der Waals surface area contributed by atoms with E-state index in [1.54, 1.807) is 0 Å². The van der Waals surface area contributed by atoms with Gasteiger partial charge in [0.2, 0.25) is 0 Å². The number of hydrogen-bond donors (Lipinski definition) is 1. The van der Waals surface area contributed by atoms with E-state index in [4.69, 9.17) is 4.74 Å². The lowest BCUT2D eigenvalue weighted by Gasteiger charge is -2.36. The average Bonchev–Trinajstić information content (AvgIpc) is 2.87. The van der Waals surface area contributed by atoms with Crippen LogP contribution < -0.4 is 5.32 Å². The summed E-state index contributed by atoms with van der Waals surface area (Å²) in [6, 6.07) is 11.0. The maximum Gasteiger partial charge on any atom is 0.135 e. The van der Waals surface area contributed by atoms with Gasteiger partial charge in [-0.1, -0.05) is 77.3 Å². The van der Waals surface area contributed by atoms with E-state index in [1.807, 2.05) is 0 Å². The van der Waals surface area contributed by atoms with Crippen molar-refractivity contribution in [2.24, 2.45) is 5.92 Å². The zero-order chi connectivity index (χ0) is 15.3. The molecule has 1 aliphatic rings. The van der Waals surface area contributed by atoms with E-state index in [1.165, 1.54) is 24.8 Å². The Bertz CT molecular complexity index is 411. The maximum absolute atomic E-state index is 6.64. The SMILES string of the molecule is CCCC1(CCC)O[C@@H](c2ccccc2)N[C@H]1C(C)CC. The van der Waals surface area contributed by atoms with Crippen molar-refractivity contribution in [1.29, 1.82) is 0 Å². The summed E-state index contributed by atoms with van der Waals surface area (Å²) in [5.74, 6) is 0.636. The van der Waals surface area contributed by atoms with Crippen LogP contribution in [0.3, 0.4) is 0 Å². The third-order valence-electron chi connectivity index (χ3n) is 4.91. The van der Waals surface area contributed by atoms with Gasteiger partial charge in [0.15, 0.2) is 0 Å². The zero-order valence-corrected chi connectivity index (χ0v) is 14.1. The summed E-state index contributed by atoms with van der Waals surface area (Å²) in [7, 11) is 0. The standard InChI is InChI=1S/C19H31NO/c1-5-13-19(14-6-2)17(15(4)7-3)20-18(21-19)16-11-9-8-10-12-16/h8-12,15,17-18,20H,5-7,13-14H2,1-4H3/t15?,17-,18-/m0/s1. The van der Waals surface area contributed by atoms with Crippen LogP contribution in [0.25, 0.3) is 0 Å². The van der Waals surface area contributed by atoms with Crippen molar-refractivity contribution >= 4 is 0 Å². The van der Waals surface area contributed by atoms with Crippen molar-refractivity contribution in [3.63, 3.8) is 0 Å². The molecule has 0 aliphatic carbocycles. The van der Waals surface area contributed by atoms with Gasteiger partial charge in [-0.2, -0.15) is 0 Å². The number of benzene rings is 1. The Hall–Kier alpha value is -0.860. The normalized spacial score (nSPS) is 25.9. The summed E-state index contributed by atoms with van der Waals surface area (Å²) >= 11 is 0. The molecule has 1 aromatic rings. The van der Waals surface area contributed by atoms with Gasteiger partial charge in [-0.15, -0.1) is 0 Å². The molecule has 2 rings (SSSR count). The molecule has 2 nitrogen and oxygen atoms in total. The Morgan fingerprint density at radius 3 is 2.24 bits per heavy atom. The first-order valence-electron chi connectivity index (χ1n) is 8.65. The van der Waals surface area contributed by atoms with E-state index >= 15 is 0 Å². The largest absolute Gasteiger partial charge is 0.351 e. The van der Waals surface area contributed by atoms with Crippen LogP contribution in [0.15, 0.2) is 30.3 Å². The van der Waals surface area contributed by atoms with Crippen LogP contribution in [0.1, 0.15) is 71.6 Å². The molecule has 0 saturated carbocycles. The van der Waals surface area contributed by atoms with Gasteiger partial charge in [-0.05, 0) is 24.3 Å². The summed E-state index contributed by atoms with van der Waals surface area (Å²) < 4.78 is 6.64. The quantitative estimate of drug-likeness (QED) is 0.757. The molecule has 1 aromatic carbocycles. The van der Waals surface area contributed by atoms with E-state index in [0.29, 0.717) is 12.0 Å². The molecule has 1 aliphatic heterocycles. The molecule has 1 saturated heterocycles. The molecule has 0 aromatic heterocycles. The lowest BCUT2D eigenvalue weighted by molar-refractivity contribution is -0.0669. The Morgan fingerprint density at radius 1 is 1.10 bits per heavy atom. The zero-order valence-electron chi connectivity index (χ0n) is 14.1. The smallest absolute Gasteiger partial charge is 0.135 e. The van der Waals surface area contributed by atoms with Crippen molar-refractivity contribution < 1.29 is 4.74 Å². The van der Waals surface area contributed by atoms with Gasteiger partial charge in [-0.3, -0.25) is 5.32 Å². The van der Waals surface area contributed by atoms with Gasteiger partial charge >= 0.3 is 0 Å². The predicted molar refractivity (Wildman–Crippen MR) is 89.2 cm³/mol. The van der Waals surface area contributed by atoms with Crippen molar-refractivity contribution in [2.45, 2.75) is 77.7 Å². The van der Waals surface area contributed by atoms with Gasteiger partial charge in [-0.25, -0.2) is 0 Å². The summed E-state index contributed by atoms with van der Waals surface area (Å²) in [5, 5.41) is 3.80. The van der Waals surface area contributed by atoms with Crippen molar-refractivity contribution in [3.05, 3.63) is 35.9 Å². The van der Waals surface area contributed by atoms with Crippen LogP contribution in [0.5, 0.6) is 0 Å². The van der Waals surface area contributed by atoms with Crippen LogP contribution in [-0.2, 0) is 4.74 Å². The van der Waals surface area contributed by atoms with Gasteiger partial charge in [0, 0.05) is 6.04 Å². The lowest BCUT2D eigenvalue weighted by Crippen LogP contribution is -2.47. The topological polar surface area (TPSA) is 21.3 Å². The highest BCUT2D eigenvalue weighted by atomic mass is 16.5. The highest BCUT2D eigenvalue weighted by Crippen LogP contribution is 2.42. The molecule has 1 unspecified atom stereocenters. The molecule has 118 valence electrons. The van der Waals surface area contributed by atoms with Crippen molar-refractivity contribution in [3.8, 4) is 0 Å². The molecular formula is C19H31NO. The fourth-order valence-corrected chi connectivity index (χ4v) is 3.77. The van der Waals surface area contributed by atoms with Crippen LogP contribution >= 0.6 is 0 Å². The Balaban J connectivity index is 2.27. The molecular weight excluding hydrogens is 258 g/mol. The minimum Gasteiger partial charge on any atom is -0.351 e. The molecule has 1 N–H and O–H groups in total. The van der Waals surface area contributed by atoms with Crippen molar-refractivity contribution in [2.75, 3.05) is 0 Å². The average molecular weight is 289 g/mol. The van der Waals surface area contributed by atoms with E-state index in [9.17, 15) is 0 Å². The number of hydrogen-bond acceptors (Lipinski definition) is 2. The second-order valence-electron chi connectivity index (χ2n) is 6.50. The molecule has 0 amide bonds. The molecule has 0 spiro atoms. The third-order valence-corrected chi connectivity index (χ3v) is 4.91. The molecule has 21 heavy (non-hydrogen) atoms. The molecule has 1 fully saturated rings. The van der Waals surface area contributed by atoms with Gasteiger partial charge in [0.05, 0.1) is 5.60 Å². The minimum atomic E-state index is -0.000561. The highest BCUT2D eigenvalue weighted by Gasteiger charge is 2.48. The first kappa shape index (κ1) is 16.5. The monoisotopic (exact) mass is 289 g/mol. The Kier molecular flexibility index (Phi) is 5.83. The molecule has 0 radical (unpaired) electrons. The number of rotatable bonds is 7. The Morgan fingerprint density at radius 2 is 1.71 bits per heavy atom. The van der Waals surface area contributed by atoms with E-state index in [0.717, 1.165) is 12.8 Å². The highest BCUT2D eigenvalue weighted by molar-refractivity contribution is 5.20. The van der Waals surface area contributed by atoms with Crippen LogP contribution in [-0.4, -0.2) is 11.6 Å². The minimum absolute atomic E-state index is 0.000561. The summed E-state index contributed by atoms with van der Waals surface area (Å²) in [6.07, 6.45) is 5.88. The summed E-state index contributed by atoms with van der Waals surface area (Å²) in [6.45, 7) is 9.17.